The number of hydrogen-bond donors (Lipinski definition) is 1. The van der Waals surface area contributed by atoms with E-state index in [1.165, 1.54) is 0 Å². The van der Waals surface area contributed by atoms with Crippen LogP contribution >= 0.6 is 23.1 Å². The van der Waals surface area contributed by atoms with Gasteiger partial charge in [-0.15, -0.1) is 11.3 Å². The van der Waals surface area contributed by atoms with E-state index in [9.17, 15) is 4.79 Å². The average Bonchev–Trinajstić information content (AvgIpc) is 3.30. The minimum Gasteiger partial charge on any atom is -0.451 e. The summed E-state index contributed by atoms with van der Waals surface area (Å²) in [5.41, 5.74) is 2.71. The summed E-state index contributed by atoms with van der Waals surface area (Å²) in [6.07, 6.45) is 5.46. The maximum absolute atomic E-state index is 12.8. The number of carbonyl (C=O) groups excluding carboxylic acids is 1. The van der Waals surface area contributed by atoms with Crippen LogP contribution in [0.25, 0.3) is 11.0 Å². The van der Waals surface area contributed by atoms with E-state index < -0.39 is 0 Å². The molecule has 0 atom stereocenters. The van der Waals surface area contributed by atoms with E-state index >= 15 is 0 Å². The molecule has 4 rings (SSSR count). The van der Waals surface area contributed by atoms with Crippen molar-refractivity contribution >= 4 is 40.0 Å². The SMILES string of the molecule is Cc1csc(SCc2c(C(=O)NCCN3CC=CCC3)oc3ccccc23)n1. The summed E-state index contributed by atoms with van der Waals surface area (Å²) in [5.74, 6) is 0.930. The lowest BCUT2D eigenvalue weighted by Crippen LogP contribution is -2.36. The second-order valence-corrected chi connectivity index (χ2v) is 8.85. The predicted molar refractivity (Wildman–Crippen MR) is 115 cm³/mol. The molecule has 0 aliphatic carbocycles. The Morgan fingerprint density at radius 3 is 3.04 bits per heavy atom. The molecule has 0 unspecified atom stereocenters. The molecule has 1 aromatic carbocycles. The van der Waals surface area contributed by atoms with E-state index in [1.54, 1.807) is 23.1 Å². The maximum atomic E-state index is 12.8. The molecule has 0 bridgehead atoms. The Kier molecular flexibility index (Phi) is 6.14. The Morgan fingerprint density at radius 1 is 1.36 bits per heavy atom. The number of furan rings is 1. The number of thioether (sulfide) groups is 1. The van der Waals surface area contributed by atoms with Crippen LogP contribution in [0.2, 0.25) is 0 Å². The number of aromatic nitrogens is 1. The molecule has 1 amide bonds. The Morgan fingerprint density at radius 2 is 2.25 bits per heavy atom. The molecule has 5 nitrogen and oxygen atoms in total. The topological polar surface area (TPSA) is 58.4 Å². The molecule has 2 aromatic heterocycles. The van der Waals surface area contributed by atoms with Crippen LogP contribution in [0.5, 0.6) is 0 Å². The molecule has 0 saturated heterocycles. The minimum atomic E-state index is -0.144. The summed E-state index contributed by atoms with van der Waals surface area (Å²) in [6, 6.07) is 7.83. The first-order valence-electron chi connectivity index (χ1n) is 9.41. The summed E-state index contributed by atoms with van der Waals surface area (Å²) >= 11 is 3.27. The first-order valence-corrected chi connectivity index (χ1v) is 11.3. The van der Waals surface area contributed by atoms with E-state index in [1.807, 2.05) is 36.6 Å². The molecule has 146 valence electrons. The minimum absolute atomic E-state index is 0.144. The Hall–Kier alpha value is -2.09. The third kappa shape index (κ3) is 4.48. The van der Waals surface area contributed by atoms with Gasteiger partial charge in [0, 0.05) is 54.0 Å². The van der Waals surface area contributed by atoms with Gasteiger partial charge in [0.1, 0.15) is 9.92 Å². The summed E-state index contributed by atoms with van der Waals surface area (Å²) in [7, 11) is 0. The molecule has 28 heavy (non-hydrogen) atoms. The number of aryl methyl sites for hydroxylation is 1. The van der Waals surface area contributed by atoms with E-state index in [4.69, 9.17) is 4.42 Å². The smallest absolute Gasteiger partial charge is 0.287 e. The van der Waals surface area contributed by atoms with Gasteiger partial charge in [-0.2, -0.15) is 0 Å². The maximum Gasteiger partial charge on any atom is 0.287 e. The Bertz CT molecular complexity index is 993. The highest BCUT2D eigenvalue weighted by Gasteiger charge is 2.21. The molecular weight excluding hydrogens is 390 g/mol. The number of fused-ring (bicyclic) bond motifs is 1. The van der Waals surface area contributed by atoms with E-state index in [0.29, 0.717) is 18.1 Å². The summed E-state index contributed by atoms with van der Waals surface area (Å²) < 4.78 is 6.94. The number of benzene rings is 1. The van der Waals surface area contributed by atoms with Crippen LogP contribution in [0.3, 0.4) is 0 Å². The quantitative estimate of drug-likeness (QED) is 0.457. The lowest BCUT2D eigenvalue weighted by Gasteiger charge is -2.22. The van der Waals surface area contributed by atoms with Crippen molar-refractivity contribution in [1.82, 2.24) is 15.2 Å². The number of nitrogens with one attached hydrogen (secondary N) is 1. The molecule has 0 radical (unpaired) electrons. The van der Waals surface area contributed by atoms with Crippen LogP contribution < -0.4 is 5.32 Å². The van der Waals surface area contributed by atoms with Crippen molar-refractivity contribution in [2.75, 3.05) is 26.2 Å². The zero-order valence-corrected chi connectivity index (χ0v) is 17.4. The fraction of sp³-hybridized carbons (Fsp3) is 0.333. The third-order valence-electron chi connectivity index (χ3n) is 4.70. The van der Waals surface area contributed by atoms with Gasteiger partial charge in [0.05, 0.1) is 0 Å². The second kappa shape index (κ2) is 8.94. The molecule has 0 fully saturated rings. The summed E-state index contributed by atoms with van der Waals surface area (Å²) in [6.45, 7) is 5.45. The molecule has 1 aliphatic heterocycles. The molecule has 1 aliphatic rings. The van der Waals surface area contributed by atoms with Crippen molar-refractivity contribution in [2.24, 2.45) is 0 Å². The second-order valence-electron chi connectivity index (χ2n) is 6.77. The van der Waals surface area contributed by atoms with Crippen LogP contribution in [-0.4, -0.2) is 42.0 Å². The van der Waals surface area contributed by atoms with Gasteiger partial charge in [-0.25, -0.2) is 4.98 Å². The zero-order valence-electron chi connectivity index (χ0n) is 15.8. The largest absolute Gasteiger partial charge is 0.451 e. The lowest BCUT2D eigenvalue weighted by atomic mass is 10.1. The highest BCUT2D eigenvalue weighted by Crippen LogP contribution is 2.33. The highest BCUT2D eigenvalue weighted by molar-refractivity contribution is 8.00. The van der Waals surface area contributed by atoms with Crippen LogP contribution in [-0.2, 0) is 5.75 Å². The first-order chi connectivity index (χ1) is 13.7. The molecule has 7 heteroatoms. The van der Waals surface area contributed by atoms with Crippen molar-refractivity contribution < 1.29 is 9.21 Å². The van der Waals surface area contributed by atoms with Gasteiger partial charge in [0.2, 0.25) is 0 Å². The third-order valence-corrected chi connectivity index (χ3v) is 6.86. The molecular formula is C21H23N3O2S2. The van der Waals surface area contributed by atoms with Crippen molar-refractivity contribution in [1.29, 1.82) is 0 Å². The molecule has 1 N–H and O–H groups in total. The van der Waals surface area contributed by atoms with Crippen LogP contribution in [0, 0.1) is 6.92 Å². The first kappa shape index (κ1) is 19.2. The van der Waals surface area contributed by atoms with Crippen molar-refractivity contribution in [2.45, 2.75) is 23.4 Å². The van der Waals surface area contributed by atoms with Gasteiger partial charge >= 0.3 is 0 Å². The van der Waals surface area contributed by atoms with Gasteiger partial charge in [0.15, 0.2) is 5.76 Å². The molecule has 3 aromatic rings. The van der Waals surface area contributed by atoms with E-state index in [2.05, 4.69) is 27.4 Å². The number of thiazole rings is 1. The van der Waals surface area contributed by atoms with Crippen molar-refractivity contribution in [3.63, 3.8) is 0 Å². The lowest BCUT2D eigenvalue weighted by molar-refractivity contribution is 0.0922. The number of nitrogens with zero attached hydrogens (tertiary/aromatic N) is 2. The van der Waals surface area contributed by atoms with Gasteiger partial charge < -0.3 is 9.73 Å². The van der Waals surface area contributed by atoms with E-state index in [0.717, 1.165) is 52.6 Å². The number of hydrogen-bond acceptors (Lipinski definition) is 6. The van der Waals surface area contributed by atoms with Crippen LogP contribution in [0.15, 0.2) is 50.6 Å². The number of amides is 1. The fourth-order valence-electron chi connectivity index (χ4n) is 3.26. The zero-order chi connectivity index (χ0) is 19.3. The fourth-order valence-corrected chi connectivity index (χ4v) is 5.14. The van der Waals surface area contributed by atoms with Gasteiger partial charge in [-0.05, 0) is 19.4 Å². The highest BCUT2D eigenvalue weighted by atomic mass is 32.2. The molecule has 0 spiro atoms. The van der Waals surface area contributed by atoms with Crippen LogP contribution in [0.1, 0.15) is 28.2 Å². The monoisotopic (exact) mass is 413 g/mol. The molecule has 0 saturated carbocycles. The predicted octanol–water partition coefficient (Wildman–Crippen LogP) is 4.48. The van der Waals surface area contributed by atoms with Crippen molar-refractivity contribution in [3.05, 3.63) is 58.8 Å². The van der Waals surface area contributed by atoms with Gasteiger partial charge in [-0.1, -0.05) is 42.1 Å². The number of rotatable bonds is 7. The standard InChI is InChI=1S/C21H23N3O2S2/c1-15-13-27-21(23-15)28-14-17-16-7-3-4-8-18(16)26-19(17)20(25)22-9-12-24-10-5-2-6-11-24/h2-5,7-8,13H,6,9-12,14H2,1H3,(H,22,25). The summed E-state index contributed by atoms with van der Waals surface area (Å²) in [5, 5.41) is 6.07. The van der Waals surface area contributed by atoms with E-state index in [-0.39, 0.29) is 5.91 Å². The Labute approximate surface area is 172 Å². The molecule has 3 heterocycles. The van der Waals surface area contributed by atoms with Gasteiger partial charge in [-0.3, -0.25) is 9.69 Å². The number of carbonyl (C=O) groups is 1. The normalized spacial score (nSPS) is 14.6. The summed E-state index contributed by atoms with van der Waals surface area (Å²) in [4.78, 5) is 19.7. The average molecular weight is 414 g/mol. The van der Waals surface area contributed by atoms with Gasteiger partial charge in [0.25, 0.3) is 5.91 Å². The van der Waals surface area contributed by atoms with Crippen molar-refractivity contribution in [3.8, 4) is 0 Å². The number of para-hydroxylation sites is 1. The Balaban J connectivity index is 1.47. The van der Waals surface area contributed by atoms with Crippen LogP contribution in [0.4, 0.5) is 0 Å².